The van der Waals surface area contributed by atoms with Crippen LogP contribution in [-0.4, -0.2) is 54.1 Å². The molecular weight excluding hydrogens is 997 g/mol. The first-order valence-corrected chi connectivity index (χ1v) is 30.6. The molecule has 0 bridgehead atoms. The van der Waals surface area contributed by atoms with Crippen LogP contribution in [-0.2, 0) is 33.4 Å². The molecule has 0 saturated carbocycles. The van der Waals surface area contributed by atoms with Crippen molar-refractivity contribution in [2.75, 3.05) is 13.2 Å². The number of benzene rings is 2. The molecule has 2 aromatic carbocycles. The van der Waals surface area contributed by atoms with Crippen molar-refractivity contribution < 1.29 is 43.0 Å². The fourth-order valence-electron chi connectivity index (χ4n) is 12.9. The van der Waals surface area contributed by atoms with Crippen LogP contribution >= 0.6 is 0 Å². The lowest BCUT2D eigenvalue weighted by Crippen LogP contribution is -2.40. The number of carbonyl (C=O) groups excluding carboxylic acids is 7. The van der Waals surface area contributed by atoms with Gasteiger partial charge in [0, 0.05) is 41.7 Å². The number of Topliss-reactive ketones (excluding diaryl/α,β-unsaturated/α-hetero) is 4. The van der Waals surface area contributed by atoms with Crippen LogP contribution in [0.4, 0.5) is 0 Å². The Balaban J connectivity index is 0.000000348. The van der Waals surface area contributed by atoms with Crippen LogP contribution in [0.15, 0.2) is 109 Å². The summed E-state index contributed by atoms with van der Waals surface area (Å²) in [6.45, 7) is 29.1. The molecule has 5 rings (SSSR count). The second kappa shape index (κ2) is 34.2. The molecule has 10 unspecified atom stereocenters. The van der Waals surface area contributed by atoms with Crippen molar-refractivity contribution in [3.8, 4) is 0 Å². The maximum atomic E-state index is 13.5. The van der Waals surface area contributed by atoms with E-state index in [4.69, 9.17) is 9.47 Å². The Labute approximate surface area is 484 Å². The van der Waals surface area contributed by atoms with E-state index in [2.05, 4.69) is 106 Å². The molecule has 3 aliphatic rings. The number of ketones is 5. The SMILES string of the molecule is C/C=C/C(=O)C1C(C)C=CCC1(C)C.CCCCCCCCCCCCOC(=O)C(C(=O)c1ccccc1)C(C)CC(=O)C1C(C)C=CCC1(C)C.CCOC(=O)C(C(=O)c1ccccc1)C(C)CC(=O)C1C(C)C=CCC1(C)C. The van der Waals surface area contributed by atoms with Gasteiger partial charge in [0.05, 0.1) is 13.2 Å². The average Bonchev–Trinajstić information content (AvgIpc) is 3.38. The average molecular weight is 1100 g/mol. The molecule has 0 spiro atoms. The van der Waals surface area contributed by atoms with Crippen LogP contribution in [0.5, 0.6) is 0 Å². The minimum Gasteiger partial charge on any atom is -0.465 e. The lowest BCUT2D eigenvalue weighted by molar-refractivity contribution is -0.149. The van der Waals surface area contributed by atoms with Gasteiger partial charge in [0.1, 0.15) is 23.4 Å². The van der Waals surface area contributed by atoms with Gasteiger partial charge in [-0.25, -0.2) is 0 Å². The van der Waals surface area contributed by atoms with Gasteiger partial charge >= 0.3 is 11.9 Å². The van der Waals surface area contributed by atoms with Gasteiger partial charge < -0.3 is 9.47 Å². The zero-order chi connectivity index (χ0) is 59.6. The summed E-state index contributed by atoms with van der Waals surface area (Å²) in [5.74, 6) is -3.29. The summed E-state index contributed by atoms with van der Waals surface area (Å²) in [5.41, 5.74) is 0.787. The maximum absolute atomic E-state index is 13.5. The van der Waals surface area contributed by atoms with Crippen molar-refractivity contribution in [1.29, 1.82) is 0 Å². The first-order valence-electron chi connectivity index (χ1n) is 30.6. The summed E-state index contributed by atoms with van der Waals surface area (Å²) in [4.78, 5) is 90.9. The van der Waals surface area contributed by atoms with Crippen molar-refractivity contribution in [3.63, 3.8) is 0 Å². The Morgan fingerprint density at radius 2 is 0.863 bits per heavy atom. The summed E-state index contributed by atoms with van der Waals surface area (Å²) < 4.78 is 10.8. The predicted octanol–water partition coefficient (Wildman–Crippen LogP) is 17.0. The van der Waals surface area contributed by atoms with Gasteiger partial charge in [0.2, 0.25) is 0 Å². The van der Waals surface area contributed by atoms with E-state index in [1.54, 1.807) is 68.5 Å². The van der Waals surface area contributed by atoms with Gasteiger partial charge in [-0.05, 0) is 91.4 Å². The Bertz CT molecular complexity index is 2380. The summed E-state index contributed by atoms with van der Waals surface area (Å²) in [7, 11) is 0. The van der Waals surface area contributed by atoms with Crippen LogP contribution in [0.1, 0.15) is 214 Å². The number of allylic oxidation sites excluding steroid dienone is 8. The third-order valence-electron chi connectivity index (χ3n) is 17.1. The van der Waals surface area contributed by atoms with E-state index >= 15 is 0 Å². The zero-order valence-electron chi connectivity index (χ0n) is 51.9. The molecule has 3 aliphatic carbocycles. The highest BCUT2D eigenvalue weighted by Crippen LogP contribution is 2.44. The van der Waals surface area contributed by atoms with Gasteiger partial charge in [-0.2, -0.15) is 0 Å². The van der Waals surface area contributed by atoms with Crippen LogP contribution in [0.2, 0.25) is 0 Å². The van der Waals surface area contributed by atoms with Crippen LogP contribution in [0.25, 0.3) is 0 Å². The van der Waals surface area contributed by atoms with Crippen LogP contribution in [0, 0.1) is 75.4 Å². The Hall–Kier alpha value is -5.31. The monoisotopic (exact) mass is 1100 g/mol. The standard InChI is InChI=1S/C34H52O4.C24H32O4.C13H20O/c1-6-7-8-9-10-11-12-13-14-18-24-38-33(37)30(32(36)28-21-16-15-17-22-28)27(3)25-29(35)31-26(2)20-19-23-34(31,4)5;1-6-28-23(27)20(22(26)18-12-8-7-9-13-18)17(3)15-19(25)21-16(2)11-10-14-24(21,4)5;1-5-7-11(14)12-10(2)8-6-9-13(12,3)4/h15-17,19-22,26-27,30-31H,6-14,18,23-25H2,1-5H3;7-13,16-17,20-21H,6,14-15H2,1-5H3;5-8,10,12H,9H2,1-4H3/b;;7-5+. The lowest BCUT2D eigenvalue weighted by Gasteiger charge is -2.39. The number of esters is 2. The second-order valence-corrected chi connectivity index (χ2v) is 25.6. The molecule has 0 fully saturated rings. The molecule has 0 radical (unpaired) electrons. The minimum absolute atomic E-state index is 0.102. The molecule has 0 heterocycles. The van der Waals surface area contributed by atoms with Crippen LogP contribution in [0.3, 0.4) is 0 Å². The van der Waals surface area contributed by atoms with E-state index in [0.29, 0.717) is 23.7 Å². The summed E-state index contributed by atoms with van der Waals surface area (Å²) in [6, 6.07) is 17.7. The van der Waals surface area contributed by atoms with E-state index < -0.39 is 35.6 Å². The van der Waals surface area contributed by atoms with Crippen LogP contribution < -0.4 is 0 Å². The Morgan fingerprint density at radius 1 is 0.512 bits per heavy atom. The zero-order valence-corrected chi connectivity index (χ0v) is 51.9. The Kier molecular flexibility index (Phi) is 29.5. The van der Waals surface area contributed by atoms with Crippen molar-refractivity contribution in [2.45, 2.75) is 193 Å². The van der Waals surface area contributed by atoms with Crippen molar-refractivity contribution >= 4 is 40.9 Å². The molecule has 0 aromatic heterocycles. The summed E-state index contributed by atoms with van der Waals surface area (Å²) >= 11 is 0. The number of ether oxygens (including phenoxy) is 2. The van der Waals surface area contributed by atoms with E-state index in [0.717, 1.165) is 38.5 Å². The highest BCUT2D eigenvalue weighted by molar-refractivity contribution is 6.10. The number of carbonyl (C=O) groups is 7. The molecule has 10 atom stereocenters. The number of unbranched alkanes of at least 4 members (excludes halogenated alkanes) is 9. The van der Waals surface area contributed by atoms with E-state index in [1.807, 2.05) is 32.1 Å². The van der Waals surface area contributed by atoms with E-state index in [1.165, 1.54) is 44.9 Å². The van der Waals surface area contributed by atoms with Gasteiger partial charge in [-0.1, -0.05) is 244 Å². The summed E-state index contributed by atoms with van der Waals surface area (Å²) in [6.07, 6.45) is 31.6. The third kappa shape index (κ3) is 21.2. The van der Waals surface area contributed by atoms with Crippen molar-refractivity contribution in [2.24, 2.45) is 75.4 Å². The van der Waals surface area contributed by atoms with Crippen molar-refractivity contribution in [3.05, 3.63) is 120 Å². The molecule has 80 heavy (non-hydrogen) atoms. The fourth-order valence-corrected chi connectivity index (χ4v) is 12.9. The highest BCUT2D eigenvalue weighted by Gasteiger charge is 2.44. The molecule has 9 heteroatoms. The van der Waals surface area contributed by atoms with Gasteiger partial charge in [-0.3, -0.25) is 33.6 Å². The van der Waals surface area contributed by atoms with Gasteiger partial charge in [0.15, 0.2) is 17.3 Å². The summed E-state index contributed by atoms with van der Waals surface area (Å²) in [5, 5.41) is 0. The number of hydrogen-bond acceptors (Lipinski definition) is 9. The molecular formula is C71H104O9. The maximum Gasteiger partial charge on any atom is 0.317 e. The lowest BCUT2D eigenvalue weighted by atomic mass is 9.64. The van der Waals surface area contributed by atoms with Gasteiger partial charge in [0.25, 0.3) is 0 Å². The van der Waals surface area contributed by atoms with E-state index in [9.17, 15) is 33.6 Å². The Morgan fingerprint density at radius 3 is 1.21 bits per heavy atom. The van der Waals surface area contributed by atoms with Crippen molar-refractivity contribution in [1.82, 2.24) is 0 Å². The number of hydrogen-bond donors (Lipinski definition) is 0. The molecule has 442 valence electrons. The second-order valence-electron chi connectivity index (χ2n) is 25.6. The molecule has 9 nitrogen and oxygen atoms in total. The fraction of sp³-hybridized carbons (Fsp3) is 0.620. The smallest absolute Gasteiger partial charge is 0.317 e. The highest BCUT2D eigenvalue weighted by atomic mass is 16.5. The molecule has 0 amide bonds. The number of rotatable bonds is 28. The molecule has 0 saturated heterocycles. The minimum atomic E-state index is -0.970. The normalized spacial score (nSPS) is 22.9. The first kappa shape index (κ1) is 69.0. The first-order chi connectivity index (χ1) is 37.9. The molecule has 0 aliphatic heterocycles. The molecule has 2 aromatic rings. The third-order valence-corrected chi connectivity index (χ3v) is 17.1. The van der Waals surface area contributed by atoms with Gasteiger partial charge in [-0.15, -0.1) is 0 Å². The van der Waals surface area contributed by atoms with E-state index in [-0.39, 0.29) is 94.2 Å². The quantitative estimate of drug-likeness (QED) is 0.0204. The predicted molar refractivity (Wildman–Crippen MR) is 326 cm³/mol. The topological polar surface area (TPSA) is 138 Å². The molecule has 0 N–H and O–H groups in total. The largest absolute Gasteiger partial charge is 0.465 e.